The van der Waals surface area contributed by atoms with E-state index < -0.39 is 17.6 Å². The molecule has 2 aromatic heterocycles. The van der Waals surface area contributed by atoms with Crippen molar-refractivity contribution in [2.45, 2.75) is 42.0 Å². The van der Waals surface area contributed by atoms with Crippen molar-refractivity contribution < 1.29 is 13.9 Å². The molecule has 0 fully saturated rings. The zero-order chi connectivity index (χ0) is 21.9. The lowest BCUT2D eigenvalue weighted by atomic mass is 10.2. The summed E-state index contributed by atoms with van der Waals surface area (Å²) in [6, 6.07) is 10.7. The molecule has 30 heavy (non-hydrogen) atoms. The first-order chi connectivity index (χ1) is 14.1. The Kier molecular flexibility index (Phi) is 7.00. The van der Waals surface area contributed by atoms with Crippen LogP contribution in [0.4, 0.5) is 9.18 Å². The summed E-state index contributed by atoms with van der Waals surface area (Å²) in [5, 5.41) is 1.27. The molecule has 0 saturated heterocycles. The number of hydrogen-bond donors (Lipinski definition) is 0. The van der Waals surface area contributed by atoms with Crippen molar-refractivity contribution >= 4 is 40.8 Å². The van der Waals surface area contributed by atoms with Crippen molar-refractivity contribution in [1.29, 1.82) is 0 Å². The lowest BCUT2D eigenvalue weighted by Crippen LogP contribution is -2.33. The highest BCUT2D eigenvalue weighted by Gasteiger charge is 2.23. The molecule has 5 nitrogen and oxygen atoms in total. The third kappa shape index (κ3) is 5.93. The zero-order valence-electron chi connectivity index (χ0n) is 17.0. The van der Waals surface area contributed by atoms with E-state index in [-0.39, 0.29) is 6.54 Å². The van der Waals surface area contributed by atoms with Crippen molar-refractivity contribution in [2.75, 3.05) is 7.05 Å². The first-order valence-corrected chi connectivity index (χ1v) is 11.1. The maximum Gasteiger partial charge on any atom is 0.410 e. The maximum absolute atomic E-state index is 14.4. The molecule has 158 valence electrons. The average molecular weight is 466 g/mol. The fourth-order valence-corrected chi connectivity index (χ4v) is 5.12. The molecule has 0 bridgehead atoms. The molecule has 3 rings (SSSR count). The van der Waals surface area contributed by atoms with Crippen LogP contribution in [0.15, 0.2) is 51.7 Å². The Balaban J connectivity index is 1.92. The van der Waals surface area contributed by atoms with Crippen LogP contribution in [0.3, 0.4) is 0 Å². The average Bonchev–Trinajstić information content (AvgIpc) is 3.02. The molecule has 0 saturated carbocycles. The summed E-state index contributed by atoms with van der Waals surface area (Å²) >= 11 is 8.93. The summed E-state index contributed by atoms with van der Waals surface area (Å²) in [6.07, 6.45) is 0.947. The van der Waals surface area contributed by atoms with Crippen molar-refractivity contribution in [3.63, 3.8) is 0 Å². The Bertz CT molecular complexity index is 1050. The summed E-state index contributed by atoms with van der Waals surface area (Å²) in [5.41, 5.74) is 0.207. The number of hydrogen-bond acceptors (Lipinski definition) is 6. The Morgan fingerprint density at radius 3 is 2.73 bits per heavy atom. The number of ether oxygens (including phenoxy) is 1. The predicted molar refractivity (Wildman–Crippen MR) is 119 cm³/mol. The van der Waals surface area contributed by atoms with Crippen molar-refractivity contribution in [1.82, 2.24) is 14.9 Å². The second-order valence-corrected chi connectivity index (χ2v) is 10.3. The first-order valence-electron chi connectivity index (χ1n) is 9.10. The van der Waals surface area contributed by atoms with E-state index in [0.717, 1.165) is 9.10 Å². The van der Waals surface area contributed by atoms with Gasteiger partial charge >= 0.3 is 6.09 Å². The quantitative estimate of drug-likeness (QED) is 0.401. The molecule has 1 amide bonds. The van der Waals surface area contributed by atoms with Gasteiger partial charge in [0.1, 0.15) is 16.3 Å². The number of carbonyl (C=O) groups is 1. The lowest BCUT2D eigenvalue weighted by molar-refractivity contribution is 0.0285. The SMILES string of the molecule is CN(Cc1nc(-c2cccnc2F)c(Sc2cccc(Cl)c2)s1)C(=O)OC(C)(C)C. The van der Waals surface area contributed by atoms with E-state index in [4.69, 9.17) is 16.3 Å². The van der Waals surface area contributed by atoms with Crippen LogP contribution in [0.1, 0.15) is 25.8 Å². The molecule has 0 aliphatic rings. The topological polar surface area (TPSA) is 55.3 Å². The van der Waals surface area contributed by atoms with E-state index in [1.807, 2.05) is 39.0 Å². The van der Waals surface area contributed by atoms with Gasteiger partial charge in [-0.1, -0.05) is 29.4 Å². The minimum atomic E-state index is -0.595. The second-order valence-electron chi connectivity index (χ2n) is 7.48. The summed E-state index contributed by atoms with van der Waals surface area (Å²) in [5.74, 6) is -0.595. The lowest BCUT2D eigenvalue weighted by Gasteiger charge is -2.24. The van der Waals surface area contributed by atoms with Crippen LogP contribution in [0, 0.1) is 5.95 Å². The fraction of sp³-hybridized carbons (Fsp3) is 0.286. The molecule has 2 heterocycles. The monoisotopic (exact) mass is 465 g/mol. The van der Waals surface area contributed by atoms with Crippen molar-refractivity contribution in [3.8, 4) is 11.3 Å². The van der Waals surface area contributed by atoms with Crippen LogP contribution in [-0.2, 0) is 11.3 Å². The number of benzene rings is 1. The molecule has 0 radical (unpaired) electrons. The predicted octanol–water partition coefficient (Wildman–Crippen LogP) is 6.52. The van der Waals surface area contributed by atoms with Gasteiger partial charge in [-0.25, -0.2) is 14.8 Å². The number of rotatable bonds is 5. The van der Waals surface area contributed by atoms with E-state index >= 15 is 0 Å². The minimum Gasteiger partial charge on any atom is -0.444 e. The molecular weight excluding hydrogens is 445 g/mol. The van der Waals surface area contributed by atoms with Crippen LogP contribution >= 0.6 is 34.7 Å². The van der Waals surface area contributed by atoms with Crippen LogP contribution < -0.4 is 0 Å². The summed E-state index contributed by atoms with van der Waals surface area (Å²) in [6.45, 7) is 5.67. The van der Waals surface area contributed by atoms with Crippen LogP contribution in [0.25, 0.3) is 11.3 Å². The molecular formula is C21H21ClFN3O2S2. The Hall–Kier alpha value is -2.16. The van der Waals surface area contributed by atoms with Gasteiger partial charge < -0.3 is 9.64 Å². The van der Waals surface area contributed by atoms with Gasteiger partial charge in [-0.15, -0.1) is 11.3 Å². The molecule has 9 heteroatoms. The van der Waals surface area contributed by atoms with Gasteiger partial charge in [-0.3, -0.25) is 0 Å². The standard InChI is InChI=1S/C21H21ClFN3O2S2/c1-21(2,3)28-20(27)26(4)12-16-25-17(15-9-6-10-24-18(15)23)19(30-16)29-14-8-5-7-13(22)11-14/h5-11H,12H2,1-4H3. The third-order valence-corrected chi connectivity index (χ3v) is 6.18. The van der Waals surface area contributed by atoms with Gasteiger partial charge in [0.2, 0.25) is 5.95 Å². The molecule has 3 aromatic rings. The third-order valence-electron chi connectivity index (χ3n) is 3.74. The maximum atomic E-state index is 14.4. The van der Waals surface area contributed by atoms with Crippen LogP contribution in [0.2, 0.25) is 5.02 Å². The molecule has 0 N–H and O–H groups in total. The van der Waals surface area contributed by atoms with Gasteiger partial charge in [0, 0.05) is 23.2 Å². The van der Waals surface area contributed by atoms with E-state index in [2.05, 4.69) is 9.97 Å². The summed E-state index contributed by atoms with van der Waals surface area (Å²) in [7, 11) is 1.64. The number of carbonyl (C=O) groups excluding carboxylic acids is 1. The van der Waals surface area contributed by atoms with Gasteiger partial charge in [0.15, 0.2) is 0 Å². The van der Waals surface area contributed by atoms with Crippen molar-refractivity contribution in [3.05, 3.63) is 58.6 Å². The smallest absolute Gasteiger partial charge is 0.410 e. The van der Waals surface area contributed by atoms with E-state index in [0.29, 0.717) is 21.3 Å². The number of aromatic nitrogens is 2. The van der Waals surface area contributed by atoms with Gasteiger partial charge in [-0.05, 0) is 51.1 Å². The number of nitrogens with zero attached hydrogens (tertiary/aromatic N) is 3. The first kappa shape index (κ1) is 22.5. The van der Waals surface area contributed by atoms with E-state index in [1.165, 1.54) is 34.2 Å². The van der Waals surface area contributed by atoms with E-state index in [9.17, 15) is 9.18 Å². The fourth-order valence-electron chi connectivity index (χ4n) is 2.46. The Labute approximate surface area is 188 Å². The highest BCUT2D eigenvalue weighted by molar-refractivity contribution is 8.01. The molecule has 0 aliphatic carbocycles. The highest BCUT2D eigenvalue weighted by Crippen LogP contribution is 2.41. The Morgan fingerprint density at radius 1 is 1.30 bits per heavy atom. The highest BCUT2D eigenvalue weighted by atomic mass is 35.5. The van der Waals surface area contributed by atoms with Gasteiger partial charge in [0.25, 0.3) is 0 Å². The summed E-state index contributed by atoms with van der Waals surface area (Å²) in [4.78, 5) is 23.0. The molecule has 0 aliphatic heterocycles. The van der Waals surface area contributed by atoms with Crippen LogP contribution in [-0.4, -0.2) is 33.6 Å². The summed E-state index contributed by atoms with van der Waals surface area (Å²) < 4.78 is 20.6. The number of halogens is 2. The van der Waals surface area contributed by atoms with Gasteiger partial charge in [0.05, 0.1) is 16.3 Å². The minimum absolute atomic E-state index is 0.241. The number of thiazole rings is 1. The zero-order valence-corrected chi connectivity index (χ0v) is 19.4. The molecule has 0 unspecified atom stereocenters. The van der Waals surface area contributed by atoms with Crippen LogP contribution in [0.5, 0.6) is 0 Å². The van der Waals surface area contributed by atoms with Gasteiger partial charge in [-0.2, -0.15) is 4.39 Å². The normalized spacial score (nSPS) is 11.4. The van der Waals surface area contributed by atoms with Crippen molar-refractivity contribution in [2.24, 2.45) is 0 Å². The largest absolute Gasteiger partial charge is 0.444 e. The molecule has 0 spiro atoms. The second kappa shape index (κ2) is 9.32. The number of amides is 1. The Morgan fingerprint density at radius 2 is 2.07 bits per heavy atom. The molecule has 0 atom stereocenters. The number of pyridine rings is 1. The molecule has 1 aromatic carbocycles. The van der Waals surface area contributed by atoms with E-state index in [1.54, 1.807) is 25.2 Å².